The highest BCUT2D eigenvalue weighted by atomic mass is 16.5. The summed E-state index contributed by atoms with van der Waals surface area (Å²) < 4.78 is 7.20. The molecule has 0 bridgehead atoms. The van der Waals surface area contributed by atoms with E-state index in [1.807, 2.05) is 48.9 Å². The molecule has 1 aromatic carbocycles. The van der Waals surface area contributed by atoms with Crippen LogP contribution in [0.5, 0.6) is 5.75 Å². The largest absolute Gasteiger partial charge is 0.495 e. The highest BCUT2D eigenvalue weighted by Crippen LogP contribution is 2.24. The number of ether oxygens (including phenoxy) is 1. The lowest BCUT2D eigenvalue weighted by molar-refractivity contribution is 0.416. The maximum atomic E-state index is 9.01. The number of aromatic nitrogens is 1. The lowest BCUT2D eigenvalue weighted by Crippen LogP contribution is -2.02. The van der Waals surface area contributed by atoms with E-state index in [2.05, 4.69) is 11.4 Å². The van der Waals surface area contributed by atoms with Crippen LogP contribution in [0.1, 0.15) is 17.0 Å². The van der Waals surface area contributed by atoms with E-state index in [-0.39, 0.29) is 0 Å². The van der Waals surface area contributed by atoms with Gasteiger partial charge in [-0.15, -0.1) is 0 Å². The zero-order valence-electron chi connectivity index (χ0n) is 11.4. The Kier molecular flexibility index (Phi) is 3.76. The van der Waals surface area contributed by atoms with Gasteiger partial charge in [-0.25, -0.2) is 0 Å². The molecule has 0 saturated carbocycles. The van der Waals surface area contributed by atoms with Crippen molar-refractivity contribution in [3.8, 4) is 11.8 Å². The van der Waals surface area contributed by atoms with E-state index in [4.69, 9.17) is 10.00 Å². The molecule has 0 amide bonds. The second-order valence-corrected chi connectivity index (χ2v) is 4.36. The molecular weight excluding hydrogens is 238 g/mol. The van der Waals surface area contributed by atoms with Crippen molar-refractivity contribution in [3.63, 3.8) is 0 Å². The third-order valence-corrected chi connectivity index (χ3v) is 3.33. The molecule has 0 atom stereocenters. The molecule has 4 heteroatoms. The Morgan fingerprint density at radius 2 is 2.11 bits per heavy atom. The van der Waals surface area contributed by atoms with E-state index in [0.29, 0.717) is 12.2 Å². The SMILES string of the molecule is COc1ccccc1NCc1cc(C#N)n(C)c1C. The molecule has 19 heavy (non-hydrogen) atoms. The van der Waals surface area contributed by atoms with Crippen LogP contribution in [0.4, 0.5) is 5.69 Å². The summed E-state index contributed by atoms with van der Waals surface area (Å²) in [5.74, 6) is 0.816. The molecular formula is C15H17N3O. The number of hydrogen-bond acceptors (Lipinski definition) is 3. The van der Waals surface area contributed by atoms with Gasteiger partial charge in [-0.05, 0) is 30.7 Å². The summed E-state index contributed by atoms with van der Waals surface area (Å²) in [5.41, 5.74) is 3.84. The minimum absolute atomic E-state index is 0.668. The summed E-state index contributed by atoms with van der Waals surface area (Å²) in [5, 5.41) is 12.4. The Hall–Kier alpha value is -2.41. The number of methoxy groups -OCH3 is 1. The third kappa shape index (κ3) is 2.55. The first-order valence-electron chi connectivity index (χ1n) is 6.09. The van der Waals surface area contributed by atoms with Gasteiger partial charge < -0.3 is 14.6 Å². The highest BCUT2D eigenvalue weighted by Gasteiger charge is 2.09. The van der Waals surface area contributed by atoms with E-state index < -0.39 is 0 Å². The minimum Gasteiger partial charge on any atom is -0.495 e. The van der Waals surface area contributed by atoms with Crippen molar-refractivity contribution in [2.75, 3.05) is 12.4 Å². The van der Waals surface area contributed by atoms with Crippen LogP contribution in [0.25, 0.3) is 0 Å². The monoisotopic (exact) mass is 255 g/mol. The maximum Gasteiger partial charge on any atom is 0.141 e. The molecule has 0 aliphatic rings. The summed E-state index contributed by atoms with van der Waals surface area (Å²) in [6.45, 7) is 2.68. The van der Waals surface area contributed by atoms with E-state index in [1.54, 1.807) is 7.11 Å². The summed E-state index contributed by atoms with van der Waals surface area (Å²) in [4.78, 5) is 0. The van der Waals surface area contributed by atoms with Gasteiger partial charge in [0.25, 0.3) is 0 Å². The average Bonchev–Trinajstić information content (AvgIpc) is 2.73. The van der Waals surface area contributed by atoms with Crippen LogP contribution in [0.3, 0.4) is 0 Å². The normalized spacial score (nSPS) is 10.0. The Bertz CT molecular complexity index is 623. The van der Waals surface area contributed by atoms with E-state index in [9.17, 15) is 0 Å². The molecule has 0 aliphatic heterocycles. The van der Waals surface area contributed by atoms with Gasteiger partial charge in [0.1, 0.15) is 17.5 Å². The predicted molar refractivity (Wildman–Crippen MR) is 75.2 cm³/mol. The van der Waals surface area contributed by atoms with Crippen LogP contribution in [-0.2, 0) is 13.6 Å². The molecule has 2 rings (SSSR count). The number of anilines is 1. The fraction of sp³-hybridized carbons (Fsp3) is 0.267. The highest BCUT2D eigenvalue weighted by molar-refractivity contribution is 5.56. The molecule has 2 aromatic rings. The molecule has 1 N–H and O–H groups in total. The topological polar surface area (TPSA) is 50.0 Å². The van der Waals surface area contributed by atoms with Crippen molar-refractivity contribution in [1.29, 1.82) is 5.26 Å². The van der Waals surface area contributed by atoms with Crippen molar-refractivity contribution < 1.29 is 4.74 Å². The molecule has 0 radical (unpaired) electrons. The van der Waals surface area contributed by atoms with Crippen LogP contribution in [0, 0.1) is 18.3 Å². The number of nitrogens with zero attached hydrogens (tertiary/aromatic N) is 2. The molecule has 0 spiro atoms. The number of benzene rings is 1. The van der Waals surface area contributed by atoms with Gasteiger partial charge in [0, 0.05) is 19.3 Å². The smallest absolute Gasteiger partial charge is 0.141 e. The van der Waals surface area contributed by atoms with E-state index in [0.717, 1.165) is 22.7 Å². The van der Waals surface area contributed by atoms with Gasteiger partial charge in [0.2, 0.25) is 0 Å². The molecule has 98 valence electrons. The molecule has 0 saturated heterocycles. The second kappa shape index (κ2) is 5.49. The number of para-hydroxylation sites is 2. The van der Waals surface area contributed by atoms with Crippen LogP contribution in [-0.4, -0.2) is 11.7 Å². The maximum absolute atomic E-state index is 9.01. The Labute approximate surface area is 113 Å². The average molecular weight is 255 g/mol. The fourth-order valence-electron chi connectivity index (χ4n) is 2.03. The van der Waals surface area contributed by atoms with Gasteiger partial charge in [-0.1, -0.05) is 12.1 Å². The lowest BCUT2D eigenvalue weighted by atomic mass is 10.2. The van der Waals surface area contributed by atoms with Crippen molar-refractivity contribution in [1.82, 2.24) is 4.57 Å². The van der Waals surface area contributed by atoms with Gasteiger partial charge in [-0.2, -0.15) is 5.26 Å². The number of rotatable bonds is 4. The van der Waals surface area contributed by atoms with Crippen molar-refractivity contribution >= 4 is 5.69 Å². The van der Waals surface area contributed by atoms with Gasteiger partial charge in [0.05, 0.1) is 12.8 Å². The molecule has 1 heterocycles. The minimum atomic E-state index is 0.668. The number of hydrogen-bond donors (Lipinski definition) is 1. The zero-order valence-corrected chi connectivity index (χ0v) is 11.4. The second-order valence-electron chi connectivity index (χ2n) is 4.36. The molecule has 1 aromatic heterocycles. The Morgan fingerprint density at radius 1 is 1.37 bits per heavy atom. The van der Waals surface area contributed by atoms with Crippen molar-refractivity contribution in [2.45, 2.75) is 13.5 Å². The van der Waals surface area contributed by atoms with Crippen LogP contribution in [0.2, 0.25) is 0 Å². The Morgan fingerprint density at radius 3 is 2.74 bits per heavy atom. The first-order chi connectivity index (χ1) is 9.17. The standard InChI is InChI=1S/C15H17N3O/c1-11-12(8-13(9-16)18(11)2)10-17-14-6-4-5-7-15(14)19-3/h4-8,17H,10H2,1-3H3. The first kappa shape index (κ1) is 13.0. The van der Waals surface area contributed by atoms with Gasteiger partial charge in [0.15, 0.2) is 0 Å². The molecule has 4 nitrogen and oxygen atoms in total. The quantitative estimate of drug-likeness (QED) is 0.914. The van der Waals surface area contributed by atoms with Gasteiger partial charge in [-0.3, -0.25) is 0 Å². The van der Waals surface area contributed by atoms with Crippen LogP contribution >= 0.6 is 0 Å². The van der Waals surface area contributed by atoms with Crippen LogP contribution in [0.15, 0.2) is 30.3 Å². The number of nitrogens with one attached hydrogen (secondary N) is 1. The van der Waals surface area contributed by atoms with E-state index >= 15 is 0 Å². The molecule has 0 fully saturated rings. The van der Waals surface area contributed by atoms with Crippen LogP contribution < -0.4 is 10.1 Å². The zero-order chi connectivity index (χ0) is 13.8. The van der Waals surface area contributed by atoms with E-state index in [1.165, 1.54) is 0 Å². The van der Waals surface area contributed by atoms with Crippen molar-refractivity contribution in [2.24, 2.45) is 7.05 Å². The van der Waals surface area contributed by atoms with Crippen molar-refractivity contribution in [3.05, 3.63) is 47.3 Å². The Balaban J connectivity index is 2.17. The predicted octanol–water partition coefficient (Wildman–Crippen LogP) is 2.83. The number of nitriles is 1. The summed E-state index contributed by atoms with van der Waals surface area (Å²) in [6, 6.07) is 11.9. The fourth-order valence-corrected chi connectivity index (χ4v) is 2.03. The van der Waals surface area contributed by atoms with Gasteiger partial charge >= 0.3 is 0 Å². The summed E-state index contributed by atoms with van der Waals surface area (Å²) in [7, 11) is 3.56. The lowest BCUT2D eigenvalue weighted by Gasteiger charge is -2.10. The summed E-state index contributed by atoms with van der Waals surface area (Å²) in [6.07, 6.45) is 0. The third-order valence-electron chi connectivity index (χ3n) is 3.33. The molecule has 0 unspecified atom stereocenters. The summed E-state index contributed by atoms with van der Waals surface area (Å²) >= 11 is 0. The first-order valence-corrected chi connectivity index (χ1v) is 6.09. The molecule has 0 aliphatic carbocycles.